The normalized spacial score (nSPS) is 10.9. The maximum absolute atomic E-state index is 12.3. The first-order valence-corrected chi connectivity index (χ1v) is 10.5. The van der Waals surface area contributed by atoms with Crippen molar-refractivity contribution in [1.29, 1.82) is 0 Å². The lowest BCUT2D eigenvalue weighted by atomic mass is 10.3. The standard InChI is InChI=1S/C19H20BrCl2N5O2/c1-12-18(22)13(2)27(24-12)8-3-7-23-19(28)16-6-9-26(25-16)11-29-17-5-4-14(21)10-15(17)20/h4-6,9-10H,3,7-8,11H2,1-2H3,(H,23,28). The van der Waals surface area contributed by atoms with Crippen LogP contribution in [0.2, 0.25) is 10.0 Å². The Bertz CT molecular complexity index is 1020. The lowest BCUT2D eigenvalue weighted by Crippen LogP contribution is -2.26. The third-order valence-electron chi connectivity index (χ3n) is 4.24. The van der Waals surface area contributed by atoms with Crippen LogP contribution < -0.4 is 10.1 Å². The molecule has 0 spiro atoms. The molecule has 7 nitrogen and oxygen atoms in total. The number of rotatable bonds is 8. The van der Waals surface area contributed by atoms with Crippen LogP contribution in [-0.2, 0) is 13.3 Å². The van der Waals surface area contributed by atoms with E-state index in [1.165, 1.54) is 0 Å². The van der Waals surface area contributed by atoms with Crippen molar-refractivity contribution in [3.8, 4) is 5.75 Å². The van der Waals surface area contributed by atoms with E-state index in [0.717, 1.165) is 22.3 Å². The highest BCUT2D eigenvalue weighted by atomic mass is 79.9. The van der Waals surface area contributed by atoms with Gasteiger partial charge >= 0.3 is 0 Å². The number of nitrogens with zero attached hydrogens (tertiary/aromatic N) is 4. The van der Waals surface area contributed by atoms with Crippen LogP contribution in [0.5, 0.6) is 5.75 Å². The van der Waals surface area contributed by atoms with Crippen molar-refractivity contribution in [3.05, 3.63) is 62.1 Å². The number of nitrogens with one attached hydrogen (secondary N) is 1. The van der Waals surface area contributed by atoms with E-state index >= 15 is 0 Å². The minimum atomic E-state index is -0.233. The Morgan fingerprint density at radius 1 is 1.24 bits per heavy atom. The summed E-state index contributed by atoms with van der Waals surface area (Å²) in [6, 6.07) is 6.90. The number of ether oxygens (including phenoxy) is 1. The first kappa shape index (κ1) is 21.7. The van der Waals surface area contributed by atoms with Crippen molar-refractivity contribution in [2.24, 2.45) is 0 Å². The van der Waals surface area contributed by atoms with Crippen LogP contribution in [0, 0.1) is 13.8 Å². The predicted molar refractivity (Wildman–Crippen MR) is 116 cm³/mol. The predicted octanol–water partition coefficient (Wildman–Crippen LogP) is 4.62. The second-order valence-corrected chi connectivity index (χ2v) is 8.07. The van der Waals surface area contributed by atoms with Gasteiger partial charge in [0.15, 0.2) is 6.73 Å². The van der Waals surface area contributed by atoms with Gasteiger partial charge in [0.2, 0.25) is 0 Å². The Kier molecular flexibility index (Phi) is 7.21. The highest BCUT2D eigenvalue weighted by Crippen LogP contribution is 2.28. The topological polar surface area (TPSA) is 74.0 Å². The summed E-state index contributed by atoms with van der Waals surface area (Å²) >= 11 is 15.5. The zero-order valence-electron chi connectivity index (χ0n) is 16.0. The third-order valence-corrected chi connectivity index (χ3v) is 5.65. The summed E-state index contributed by atoms with van der Waals surface area (Å²) in [5.41, 5.74) is 2.08. The Morgan fingerprint density at radius 2 is 2.03 bits per heavy atom. The van der Waals surface area contributed by atoms with Crippen molar-refractivity contribution in [2.45, 2.75) is 33.5 Å². The summed E-state index contributed by atoms with van der Waals surface area (Å²) in [5, 5.41) is 12.8. The number of amides is 1. The molecule has 0 aliphatic carbocycles. The maximum atomic E-state index is 12.3. The number of hydrogen-bond acceptors (Lipinski definition) is 4. The lowest BCUT2D eigenvalue weighted by Gasteiger charge is -2.08. The zero-order valence-corrected chi connectivity index (χ0v) is 19.1. The molecule has 0 fully saturated rings. The van der Waals surface area contributed by atoms with Crippen LogP contribution in [0.25, 0.3) is 0 Å². The molecule has 0 radical (unpaired) electrons. The van der Waals surface area contributed by atoms with Crippen molar-refractivity contribution in [3.63, 3.8) is 0 Å². The van der Waals surface area contributed by atoms with Crippen molar-refractivity contribution < 1.29 is 9.53 Å². The molecule has 0 bridgehead atoms. The molecule has 1 N–H and O–H groups in total. The fourth-order valence-corrected chi connectivity index (χ4v) is 3.63. The number of aryl methyl sites for hydroxylation is 2. The van der Waals surface area contributed by atoms with E-state index in [0.29, 0.717) is 34.6 Å². The fourth-order valence-electron chi connectivity index (χ4n) is 2.70. The van der Waals surface area contributed by atoms with E-state index in [9.17, 15) is 4.79 Å². The molecule has 10 heteroatoms. The molecule has 0 atom stereocenters. The molecule has 2 aromatic heterocycles. The molecule has 2 heterocycles. The monoisotopic (exact) mass is 499 g/mol. The quantitative estimate of drug-likeness (QED) is 0.458. The fraction of sp³-hybridized carbons (Fsp3) is 0.316. The molecule has 154 valence electrons. The molecule has 0 aliphatic rings. The Morgan fingerprint density at radius 3 is 2.72 bits per heavy atom. The minimum absolute atomic E-state index is 0.173. The third kappa shape index (κ3) is 5.52. The number of benzene rings is 1. The number of hydrogen-bond donors (Lipinski definition) is 1. The van der Waals surface area contributed by atoms with Crippen molar-refractivity contribution in [2.75, 3.05) is 6.54 Å². The van der Waals surface area contributed by atoms with Gasteiger partial charge in [-0.1, -0.05) is 23.2 Å². The summed E-state index contributed by atoms with van der Waals surface area (Å²) in [7, 11) is 0. The van der Waals surface area contributed by atoms with E-state index in [4.69, 9.17) is 27.9 Å². The summed E-state index contributed by atoms with van der Waals surface area (Å²) in [5.74, 6) is 0.406. The van der Waals surface area contributed by atoms with Gasteiger partial charge in [-0.05, 0) is 60.5 Å². The molecular formula is C19H20BrCl2N5O2. The molecule has 29 heavy (non-hydrogen) atoms. The van der Waals surface area contributed by atoms with Gasteiger partial charge in [0.1, 0.15) is 11.4 Å². The first-order valence-electron chi connectivity index (χ1n) is 8.94. The lowest BCUT2D eigenvalue weighted by molar-refractivity contribution is 0.0945. The van der Waals surface area contributed by atoms with E-state index in [2.05, 4.69) is 31.4 Å². The van der Waals surface area contributed by atoms with E-state index in [1.54, 1.807) is 35.1 Å². The SMILES string of the molecule is Cc1nn(CCCNC(=O)c2ccn(COc3ccc(Cl)cc3Br)n2)c(C)c1Cl. The molecule has 0 unspecified atom stereocenters. The summed E-state index contributed by atoms with van der Waals surface area (Å²) in [6.45, 7) is 5.16. The largest absolute Gasteiger partial charge is 0.470 e. The summed E-state index contributed by atoms with van der Waals surface area (Å²) < 4.78 is 9.83. The Labute approximate surface area is 187 Å². The van der Waals surface area contributed by atoms with Gasteiger partial charge < -0.3 is 10.1 Å². The van der Waals surface area contributed by atoms with Gasteiger partial charge in [0, 0.05) is 24.3 Å². The first-order chi connectivity index (χ1) is 13.8. The van der Waals surface area contributed by atoms with Crippen LogP contribution in [0.3, 0.4) is 0 Å². The molecule has 0 saturated carbocycles. The van der Waals surface area contributed by atoms with Crippen LogP contribution >= 0.6 is 39.1 Å². The summed E-state index contributed by atoms with van der Waals surface area (Å²) in [6.07, 6.45) is 2.43. The highest BCUT2D eigenvalue weighted by molar-refractivity contribution is 9.10. The van der Waals surface area contributed by atoms with Gasteiger partial charge in [-0.2, -0.15) is 10.2 Å². The Balaban J connectivity index is 1.45. The van der Waals surface area contributed by atoms with Crippen LogP contribution in [0.1, 0.15) is 28.3 Å². The van der Waals surface area contributed by atoms with Gasteiger partial charge in [-0.3, -0.25) is 9.48 Å². The van der Waals surface area contributed by atoms with Crippen molar-refractivity contribution in [1.82, 2.24) is 24.9 Å². The number of aromatic nitrogens is 4. The van der Waals surface area contributed by atoms with E-state index in [1.807, 2.05) is 18.5 Å². The van der Waals surface area contributed by atoms with Gasteiger partial charge in [0.25, 0.3) is 5.91 Å². The number of halogens is 3. The number of carbonyl (C=O) groups is 1. The van der Waals surface area contributed by atoms with E-state index < -0.39 is 0 Å². The molecule has 3 aromatic rings. The molecule has 0 aliphatic heterocycles. The molecule has 1 aromatic carbocycles. The smallest absolute Gasteiger partial charge is 0.271 e. The second kappa shape index (κ2) is 9.65. The molecule has 3 rings (SSSR count). The average molecular weight is 501 g/mol. The number of carbonyl (C=O) groups excluding carboxylic acids is 1. The van der Waals surface area contributed by atoms with Crippen LogP contribution in [0.4, 0.5) is 0 Å². The molecular weight excluding hydrogens is 481 g/mol. The highest BCUT2D eigenvalue weighted by Gasteiger charge is 2.11. The maximum Gasteiger partial charge on any atom is 0.271 e. The second-order valence-electron chi connectivity index (χ2n) is 6.41. The van der Waals surface area contributed by atoms with Gasteiger partial charge in [-0.25, -0.2) is 4.68 Å². The molecule has 0 saturated heterocycles. The van der Waals surface area contributed by atoms with Crippen LogP contribution in [0.15, 0.2) is 34.9 Å². The van der Waals surface area contributed by atoms with E-state index in [-0.39, 0.29) is 12.6 Å². The minimum Gasteiger partial charge on any atom is -0.470 e. The Hall–Kier alpha value is -2.03. The zero-order chi connectivity index (χ0) is 21.0. The van der Waals surface area contributed by atoms with Crippen LogP contribution in [-0.4, -0.2) is 32.0 Å². The molecule has 1 amide bonds. The van der Waals surface area contributed by atoms with Crippen molar-refractivity contribution >= 4 is 45.0 Å². The summed E-state index contributed by atoms with van der Waals surface area (Å²) in [4.78, 5) is 12.3. The van der Waals surface area contributed by atoms with Gasteiger partial charge in [-0.15, -0.1) is 0 Å². The van der Waals surface area contributed by atoms with Gasteiger partial charge in [0.05, 0.1) is 20.9 Å². The average Bonchev–Trinajstić information content (AvgIpc) is 3.25.